The van der Waals surface area contributed by atoms with Crippen molar-refractivity contribution in [1.29, 1.82) is 0 Å². The fourth-order valence-electron chi connectivity index (χ4n) is 3.32. The number of carbonyl (C=O) groups excluding carboxylic acids is 1. The molecule has 2 heterocycles. The van der Waals surface area contributed by atoms with Gasteiger partial charge in [0.2, 0.25) is 9.84 Å². The van der Waals surface area contributed by atoms with Crippen LogP contribution in [0.4, 0.5) is 4.79 Å². The van der Waals surface area contributed by atoms with Crippen LogP contribution in [-0.4, -0.2) is 71.9 Å². The lowest BCUT2D eigenvalue weighted by molar-refractivity contribution is 0.0524. The van der Waals surface area contributed by atoms with Crippen LogP contribution in [0.1, 0.15) is 25.6 Å². The third-order valence-electron chi connectivity index (χ3n) is 5.09. The van der Waals surface area contributed by atoms with Gasteiger partial charge in [-0.2, -0.15) is 0 Å². The summed E-state index contributed by atoms with van der Waals surface area (Å²) in [7, 11) is -7.33. The van der Waals surface area contributed by atoms with E-state index in [9.17, 15) is 21.6 Å². The maximum atomic E-state index is 13.0. The van der Waals surface area contributed by atoms with Crippen LogP contribution in [0.25, 0.3) is 0 Å². The Morgan fingerprint density at radius 2 is 1.65 bits per heavy atom. The summed E-state index contributed by atoms with van der Waals surface area (Å²) in [5.41, 5.74) is -0.626. The number of nitrogens with one attached hydrogen (secondary N) is 2. The number of thiophene rings is 1. The van der Waals surface area contributed by atoms with Gasteiger partial charge in [-0.15, -0.1) is 11.3 Å². The Hall–Kier alpha value is -1.99. The lowest BCUT2D eigenvalue weighted by atomic mass is 10.2. The molecule has 0 radical (unpaired) electrons. The third-order valence-corrected chi connectivity index (χ3v) is 10.1. The third kappa shape index (κ3) is 7.25. The van der Waals surface area contributed by atoms with Gasteiger partial charge in [0.15, 0.2) is 9.84 Å². The summed E-state index contributed by atoms with van der Waals surface area (Å²) in [4.78, 5) is 14.7. The van der Waals surface area contributed by atoms with Gasteiger partial charge in [0.25, 0.3) is 0 Å². The van der Waals surface area contributed by atoms with Gasteiger partial charge in [-0.3, -0.25) is 4.90 Å². The Labute approximate surface area is 205 Å². The van der Waals surface area contributed by atoms with Crippen LogP contribution in [-0.2, 0) is 31.0 Å². The van der Waals surface area contributed by atoms with Crippen molar-refractivity contribution >= 4 is 37.1 Å². The molecule has 1 aliphatic rings. The minimum absolute atomic E-state index is 0.0158. The van der Waals surface area contributed by atoms with Gasteiger partial charge in [0.05, 0.1) is 22.1 Å². The van der Waals surface area contributed by atoms with Gasteiger partial charge in [0, 0.05) is 37.6 Å². The van der Waals surface area contributed by atoms with Crippen LogP contribution in [0.15, 0.2) is 50.4 Å². The molecule has 1 saturated heterocycles. The van der Waals surface area contributed by atoms with Gasteiger partial charge in [-0.25, -0.2) is 21.6 Å². The van der Waals surface area contributed by atoms with Crippen molar-refractivity contribution in [2.24, 2.45) is 0 Å². The number of hydrogen-bond donors (Lipinski definition) is 2. The number of amides is 1. The first-order valence-corrected chi connectivity index (χ1v) is 14.9. The van der Waals surface area contributed by atoms with Crippen LogP contribution in [0.5, 0.6) is 0 Å². The van der Waals surface area contributed by atoms with E-state index >= 15 is 0 Å². The summed E-state index contributed by atoms with van der Waals surface area (Å²) >= 11 is 1.04. The van der Waals surface area contributed by atoms with Crippen LogP contribution < -0.4 is 10.6 Å². The molecule has 2 aromatic rings. The second-order valence-electron chi connectivity index (χ2n) is 8.96. The fourth-order valence-corrected chi connectivity index (χ4v) is 7.30. The number of piperazine rings is 1. The molecule has 3 rings (SSSR count). The Balaban J connectivity index is 1.64. The lowest BCUT2D eigenvalue weighted by Gasteiger charge is -2.26. The van der Waals surface area contributed by atoms with Crippen LogP contribution >= 0.6 is 11.3 Å². The number of carbonyl (C=O) groups is 1. The zero-order chi connectivity index (χ0) is 25.0. The summed E-state index contributed by atoms with van der Waals surface area (Å²) < 4.78 is 56.7. The first-order chi connectivity index (χ1) is 15.9. The molecule has 0 bridgehead atoms. The van der Waals surface area contributed by atoms with Crippen LogP contribution in [0.3, 0.4) is 0 Å². The minimum Gasteiger partial charge on any atom is -0.444 e. The Morgan fingerprint density at radius 1 is 1.03 bits per heavy atom. The monoisotopic (exact) mass is 529 g/mol. The highest BCUT2D eigenvalue weighted by molar-refractivity contribution is 7.93. The molecule has 1 aromatic carbocycles. The summed E-state index contributed by atoms with van der Waals surface area (Å²) in [5.74, 6) is -0.0158. The zero-order valence-electron chi connectivity index (χ0n) is 19.5. The van der Waals surface area contributed by atoms with Crippen molar-refractivity contribution in [3.05, 3.63) is 41.3 Å². The van der Waals surface area contributed by atoms with Gasteiger partial charge >= 0.3 is 6.09 Å². The van der Waals surface area contributed by atoms with Crippen molar-refractivity contribution < 1.29 is 26.4 Å². The molecule has 0 unspecified atom stereocenters. The van der Waals surface area contributed by atoms with Crippen molar-refractivity contribution in [3.63, 3.8) is 0 Å². The van der Waals surface area contributed by atoms with E-state index in [0.29, 0.717) is 11.4 Å². The molecule has 9 nitrogen and oxygen atoms in total. The van der Waals surface area contributed by atoms with Gasteiger partial charge < -0.3 is 15.4 Å². The predicted molar refractivity (Wildman–Crippen MR) is 131 cm³/mol. The number of nitrogens with zero attached hydrogens (tertiary/aromatic N) is 1. The first-order valence-electron chi connectivity index (χ1n) is 10.9. The molecule has 0 aliphatic carbocycles. The molecule has 188 valence electrons. The topological polar surface area (TPSA) is 122 Å². The molecule has 1 amide bonds. The Morgan fingerprint density at radius 3 is 2.26 bits per heavy atom. The van der Waals surface area contributed by atoms with E-state index < -0.39 is 31.4 Å². The first kappa shape index (κ1) is 26.6. The van der Waals surface area contributed by atoms with Crippen molar-refractivity contribution in [3.8, 4) is 0 Å². The molecule has 1 aromatic heterocycles. The maximum absolute atomic E-state index is 13.0. The predicted octanol–water partition coefficient (Wildman–Crippen LogP) is 2.28. The molecule has 1 aliphatic heterocycles. The quantitative estimate of drug-likeness (QED) is 0.534. The number of rotatable bonds is 8. The van der Waals surface area contributed by atoms with E-state index in [1.807, 2.05) is 0 Å². The van der Waals surface area contributed by atoms with E-state index in [4.69, 9.17) is 4.74 Å². The number of hydrogen-bond acceptors (Lipinski definition) is 9. The molecular formula is C22H31N3O6S3. The number of ether oxygens (including phenoxy) is 1. The second kappa shape index (κ2) is 10.7. The van der Waals surface area contributed by atoms with E-state index in [-0.39, 0.29) is 26.3 Å². The van der Waals surface area contributed by atoms with Gasteiger partial charge in [-0.05, 0) is 57.2 Å². The molecule has 1 fully saturated rings. The smallest absolute Gasteiger partial charge is 0.407 e. The molecular weight excluding hydrogens is 498 g/mol. The number of alkyl carbamates (subject to hydrolysis) is 1. The molecule has 12 heteroatoms. The average molecular weight is 530 g/mol. The minimum atomic E-state index is -3.81. The van der Waals surface area contributed by atoms with Gasteiger partial charge in [-0.1, -0.05) is 0 Å². The summed E-state index contributed by atoms with van der Waals surface area (Å²) in [6.45, 7) is 9.15. The van der Waals surface area contributed by atoms with E-state index in [1.165, 1.54) is 30.3 Å². The SMILES string of the molecule is CC(C)(C)OC(=O)NCc1ccc(S(=O)(=O)c2ccc(S(=O)(=O)CCN3CCNCC3)cc2)s1. The highest BCUT2D eigenvalue weighted by Gasteiger charge is 2.23. The molecule has 0 atom stereocenters. The van der Waals surface area contributed by atoms with E-state index in [1.54, 1.807) is 26.8 Å². The summed E-state index contributed by atoms with van der Waals surface area (Å²) in [6, 6.07) is 8.45. The van der Waals surface area contributed by atoms with E-state index in [2.05, 4.69) is 15.5 Å². The number of benzene rings is 1. The van der Waals surface area contributed by atoms with Crippen LogP contribution in [0.2, 0.25) is 0 Å². The Bertz CT molecular complexity index is 1190. The van der Waals surface area contributed by atoms with E-state index in [0.717, 1.165) is 37.5 Å². The highest BCUT2D eigenvalue weighted by Crippen LogP contribution is 2.28. The molecule has 34 heavy (non-hydrogen) atoms. The van der Waals surface area contributed by atoms with Crippen molar-refractivity contribution in [1.82, 2.24) is 15.5 Å². The summed E-state index contributed by atoms with van der Waals surface area (Å²) in [6.07, 6.45) is -0.584. The second-order valence-corrected chi connectivity index (χ2v) is 14.4. The standard InChI is InChI=1S/C22H31N3O6S3/c1-22(2,3)31-21(26)24-16-17-4-9-20(32-17)34(29,30)19-7-5-18(6-8-19)33(27,28)15-14-25-12-10-23-11-13-25/h4-9,23H,10-16H2,1-3H3,(H,24,26). The lowest BCUT2D eigenvalue weighted by Crippen LogP contribution is -2.45. The van der Waals surface area contributed by atoms with Crippen molar-refractivity contribution in [2.45, 2.75) is 46.9 Å². The zero-order valence-corrected chi connectivity index (χ0v) is 22.0. The highest BCUT2D eigenvalue weighted by atomic mass is 32.2. The number of sulfone groups is 2. The molecule has 0 spiro atoms. The van der Waals surface area contributed by atoms with Crippen molar-refractivity contribution in [2.75, 3.05) is 38.5 Å². The molecule has 0 saturated carbocycles. The van der Waals surface area contributed by atoms with Gasteiger partial charge in [0.1, 0.15) is 9.81 Å². The fraction of sp³-hybridized carbons (Fsp3) is 0.500. The summed E-state index contributed by atoms with van der Waals surface area (Å²) in [5, 5.41) is 5.83. The average Bonchev–Trinajstić information content (AvgIpc) is 3.26. The van der Waals surface area contributed by atoms with Crippen LogP contribution in [0, 0.1) is 0 Å². The normalized spacial score (nSPS) is 15.7. The maximum Gasteiger partial charge on any atom is 0.407 e. The molecule has 2 N–H and O–H groups in total. The Kier molecular flexibility index (Phi) is 8.40. The largest absolute Gasteiger partial charge is 0.444 e.